The number of aromatic nitrogens is 1. The molecule has 0 unspecified atom stereocenters. The maximum Gasteiger partial charge on any atom is 0.271 e. The van der Waals surface area contributed by atoms with Crippen LogP contribution >= 0.6 is 22.9 Å². The average molecular weight is 498 g/mol. The van der Waals surface area contributed by atoms with E-state index in [2.05, 4.69) is 29.8 Å². The second-order valence-electron chi connectivity index (χ2n) is 10.2. The van der Waals surface area contributed by atoms with Crippen molar-refractivity contribution < 1.29 is 9.59 Å². The molecule has 3 heterocycles. The summed E-state index contributed by atoms with van der Waals surface area (Å²) in [5, 5.41) is 3.94. The summed E-state index contributed by atoms with van der Waals surface area (Å²) in [7, 11) is 0. The van der Waals surface area contributed by atoms with E-state index in [0.29, 0.717) is 29.7 Å². The highest BCUT2D eigenvalue weighted by atomic mass is 35.5. The first-order valence-corrected chi connectivity index (χ1v) is 13.5. The molecule has 34 heavy (non-hydrogen) atoms. The highest BCUT2D eigenvalue weighted by molar-refractivity contribution is 7.19. The summed E-state index contributed by atoms with van der Waals surface area (Å²) in [6, 6.07) is 11.9. The zero-order valence-corrected chi connectivity index (χ0v) is 21.6. The molecule has 5 rings (SSSR count). The molecule has 1 fully saturated rings. The number of aryl methyl sites for hydroxylation is 1. The minimum Gasteiger partial charge on any atom is -0.351 e. The SMILES string of the molecule is CCc1cc2c(cc3n2C[C@@](C)(C(=O)NC2CCC(C)CC2)N(Cc2cccc(Cl)c2)C3=O)s1. The molecule has 2 aliphatic rings. The van der Waals surface area contributed by atoms with Crippen LogP contribution in [0.25, 0.3) is 10.2 Å². The average Bonchev–Trinajstić information content (AvgIpc) is 3.37. The Morgan fingerprint density at radius 3 is 2.68 bits per heavy atom. The van der Waals surface area contributed by atoms with E-state index in [1.54, 1.807) is 16.2 Å². The van der Waals surface area contributed by atoms with E-state index in [-0.39, 0.29) is 17.9 Å². The molecule has 0 radical (unpaired) electrons. The number of hydrogen-bond donors (Lipinski definition) is 1. The van der Waals surface area contributed by atoms with Gasteiger partial charge in [-0.05, 0) is 74.8 Å². The highest BCUT2D eigenvalue weighted by Gasteiger charge is 2.48. The lowest BCUT2D eigenvalue weighted by Gasteiger charge is -2.45. The van der Waals surface area contributed by atoms with E-state index >= 15 is 0 Å². The summed E-state index contributed by atoms with van der Waals surface area (Å²) in [6.07, 6.45) is 5.21. The minimum atomic E-state index is -1.00. The zero-order valence-electron chi connectivity index (χ0n) is 20.1. The molecule has 1 N–H and O–H groups in total. The zero-order chi connectivity index (χ0) is 24.0. The highest BCUT2D eigenvalue weighted by Crippen LogP contribution is 2.37. The summed E-state index contributed by atoms with van der Waals surface area (Å²) in [5.74, 6) is 0.532. The van der Waals surface area contributed by atoms with E-state index in [9.17, 15) is 9.59 Å². The molecular weight excluding hydrogens is 466 g/mol. The maximum atomic E-state index is 13.9. The summed E-state index contributed by atoms with van der Waals surface area (Å²) in [4.78, 5) is 30.8. The molecular formula is C27H32ClN3O2S. The summed E-state index contributed by atoms with van der Waals surface area (Å²) >= 11 is 7.96. The number of nitrogens with one attached hydrogen (secondary N) is 1. The third kappa shape index (κ3) is 4.16. The van der Waals surface area contributed by atoms with Crippen molar-refractivity contribution in [1.29, 1.82) is 0 Å². The predicted molar refractivity (Wildman–Crippen MR) is 138 cm³/mol. The predicted octanol–water partition coefficient (Wildman–Crippen LogP) is 6.03. The monoisotopic (exact) mass is 497 g/mol. The number of halogens is 1. The van der Waals surface area contributed by atoms with Gasteiger partial charge in [0.15, 0.2) is 0 Å². The molecule has 2 aromatic heterocycles. The lowest BCUT2D eigenvalue weighted by atomic mass is 9.86. The van der Waals surface area contributed by atoms with Crippen molar-refractivity contribution in [3.63, 3.8) is 0 Å². The van der Waals surface area contributed by atoms with Crippen molar-refractivity contribution in [3.8, 4) is 0 Å². The number of rotatable bonds is 5. The Hall–Kier alpha value is -2.31. The Morgan fingerprint density at radius 2 is 1.97 bits per heavy atom. The molecule has 1 saturated carbocycles. The van der Waals surface area contributed by atoms with Gasteiger partial charge in [-0.3, -0.25) is 9.59 Å². The van der Waals surface area contributed by atoms with Crippen LogP contribution in [0.15, 0.2) is 36.4 Å². The molecule has 5 nitrogen and oxygen atoms in total. The van der Waals surface area contributed by atoms with Gasteiger partial charge in [-0.2, -0.15) is 0 Å². The van der Waals surface area contributed by atoms with Crippen molar-refractivity contribution in [2.24, 2.45) is 5.92 Å². The van der Waals surface area contributed by atoms with E-state index in [1.807, 2.05) is 37.3 Å². The lowest BCUT2D eigenvalue weighted by Crippen LogP contribution is -2.64. The first-order valence-electron chi connectivity index (χ1n) is 12.3. The fraction of sp³-hybridized carbons (Fsp3) is 0.481. The lowest BCUT2D eigenvalue weighted by molar-refractivity contribution is -0.134. The van der Waals surface area contributed by atoms with Crippen molar-refractivity contribution in [2.45, 2.75) is 77.5 Å². The number of carbonyl (C=O) groups is 2. The van der Waals surface area contributed by atoms with Crippen molar-refractivity contribution in [2.75, 3.05) is 0 Å². The molecule has 1 atom stereocenters. The number of carbonyl (C=O) groups excluding carboxylic acids is 2. The molecule has 1 aromatic carbocycles. The molecule has 0 bridgehead atoms. The van der Waals surface area contributed by atoms with Crippen LogP contribution in [-0.4, -0.2) is 32.9 Å². The van der Waals surface area contributed by atoms with Gasteiger partial charge in [0.05, 0.1) is 16.8 Å². The summed E-state index contributed by atoms with van der Waals surface area (Å²) in [5.41, 5.74) is 1.62. The van der Waals surface area contributed by atoms with Gasteiger partial charge in [-0.25, -0.2) is 0 Å². The molecule has 1 aliphatic heterocycles. The van der Waals surface area contributed by atoms with Crippen LogP contribution in [0.3, 0.4) is 0 Å². The third-order valence-electron chi connectivity index (χ3n) is 7.59. The minimum absolute atomic E-state index is 0.0686. The van der Waals surface area contributed by atoms with Gasteiger partial charge >= 0.3 is 0 Å². The molecule has 3 aromatic rings. The van der Waals surface area contributed by atoms with Gasteiger partial charge in [0, 0.05) is 22.5 Å². The second-order valence-corrected chi connectivity index (χ2v) is 11.8. The van der Waals surface area contributed by atoms with Crippen LogP contribution in [0.2, 0.25) is 5.02 Å². The summed E-state index contributed by atoms with van der Waals surface area (Å²) < 4.78 is 3.17. The number of nitrogens with zero attached hydrogens (tertiary/aromatic N) is 2. The quantitative estimate of drug-likeness (QED) is 0.468. The van der Waals surface area contributed by atoms with E-state index in [4.69, 9.17) is 11.6 Å². The van der Waals surface area contributed by atoms with Crippen LogP contribution in [-0.2, 0) is 24.3 Å². The summed E-state index contributed by atoms with van der Waals surface area (Å²) in [6.45, 7) is 7.10. The van der Waals surface area contributed by atoms with Crippen LogP contribution < -0.4 is 5.32 Å². The number of fused-ring (bicyclic) bond motifs is 3. The number of benzene rings is 1. The molecule has 180 valence electrons. The van der Waals surface area contributed by atoms with Crippen LogP contribution in [0.1, 0.15) is 67.4 Å². The Bertz CT molecular complexity index is 1240. The fourth-order valence-corrected chi connectivity index (χ4v) is 6.63. The van der Waals surface area contributed by atoms with Crippen LogP contribution in [0.4, 0.5) is 0 Å². The standard InChI is InChI=1S/C27H32ClN3O2S/c1-4-21-13-22-24(34-21)14-23-25(32)31(15-18-6-5-7-19(28)12-18)27(3,16-30(22)23)26(33)29-20-10-8-17(2)9-11-20/h5-7,12-14,17,20H,4,8-11,15-16H2,1-3H3,(H,29,33)/t17?,20?,27-/m0/s1. The Kier molecular flexibility index (Phi) is 6.23. The largest absolute Gasteiger partial charge is 0.351 e. The Morgan fingerprint density at radius 1 is 1.21 bits per heavy atom. The van der Waals surface area contributed by atoms with E-state index in [1.165, 1.54) is 4.88 Å². The van der Waals surface area contributed by atoms with Gasteiger partial charge < -0.3 is 14.8 Å². The molecule has 7 heteroatoms. The molecule has 1 aliphatic carbocycles. The van der Waals surface area contributed by atoms with Gasteiger partial charge in [0.1, 0.15) is 11.2 Å². The number of hydrogen-bond acceptors (Lipinski definition) is 3. The van der Waals surface area contributed by atoms with Crippen molar-refractivity contribution >= 4 is 45.0 Å². The normalized spacial score (nSPS) is 24.9. The van der Waals surface area contributed by atoms with Gasteiger partial charge in [0.25, 0.3) is 5.91 Å². The number of thiophene rings is 1. The van der Waals surface area contributed by atoms with Gasteiger partial charge in [0.2, 0.25) is 5.91 Å². The fourth-order valence-electron chi connectivity index (χ4n) is 5.37. The molecule has 0 spiro atoms. The van der Waals surface area contributed by atoms with E-state index in [0.717, 1.165) is 47.9 Å². The number of amides is 2. The smallest absolute Gasteiger partial charge is 0.271 e. The maximum absolute atomic E-state index is 13.9. The van der Waals surface area contributed by atoms with Crippen molar-refractivity contribution in [1.82, 2.24) is 14.8 Å². The van der Waals surface area contributed by atoms with Crippen LogP contribution in [0, 0.1) is 5.92 Å². The van der Waals surface area contributed by atoms with Gasteiger partial charge in [-0.1, -0.05) is 37.6 Å². The third-order valence-corrected chi connectivity index (χ3v) is 9.04. The Labute approximate surface area is 210 Å². The first-order chi connectivity index (χ1) is 16.3. The molecule has 0 saturated heterocycles. The van der Waals surface area contributed by atoms with Gasteiger partial charge in [-0.15, -0.1) is 11.3 Å². The van der Waals surface area contributed by atoms with Crippen LogP contribution in [0.5, 0.6) is 0 Å². The first kappa shape index (κ1) is 23.4. The second kappa shape index (κ2) is 9.04. The molecule has 2 amide bonds. The van der Waals surface area contributed by atoms with E-state index < -0.39 is 5.54 Å². The Balaban J connectivity index is 1.52. The van der Waals surface area contributed by atoms with Crippen molar-refractivity contribution in [3.05, 3.63) is 57.6 Å². The topological polar surface area (TPSA) is 54.3 Å².